The van der Waals surface area contributed by atoms with Gasteiger partial charge in [0.15, 0.2) is 0 Å². The van der Waals surface area contributed by atoms with E-state index in [1.54, 1.807) is 0 Å². The first-order valence-corrected chi connectivity index (χ1v) is 10.7. The van der Waals surface area contributed by atoms with E-state index in [9.17, 15) is 9.90 Å². The maximum atomic E-state index is 12.6. The van der Waals surface area contributed by atoms with E-state index in [2.05, 4.69) is 29.3 Å². The van der Waals surface area contributed by atoms with Crippen LogP contribution in [0.25, 0.3) is 0 Å². The molecule has 0 aromatic heterocycles. The normalized spacial score (nSPS) is 17.3. The van der Waals surface area contributed by atoms with Gasteiger partial charge in [-0.1, -0.05) is 18.2 Å². The second-order valence-electron chi connectivity index (χ2n) is 8.71. The number of aliphatic hydroxyl groups is 1. The number of amides is 1. The molecule has 5 heteroatoms. The summed E-state index contributed by atoms with van der Waals surface area (Å²) in [6.07, 6.45) is 4.39. The Morgan fingerprint density at radius 1 is 1.32 bits per heavy atom. The van der Waals surface area contributed by atoms with Crippen molar-refractivity contribution in [2.24, 2.45) is 5.92 Å². The van der Waals surface area contributed by atoms with Crippen molar-refractivity contribution in [2.45, 2.75) is 78.0 Å². The summed E-state index contributed by atoms with van der Waals surface area (Å²) in [5, 5.41) is 13.0. The molecule has 0 bridgehead atoms. The first-order valence-electron chi connectivity index (χ1n) is 10.7. The van der Waals surface area contributed by atoms with Gasteiger partial charge in [0.25, 0.3) is 0 Å². The molecule has 1 aliphatic rings. The summed E-state index contributed by atoms with van der Waals surface area (Å²) in [6, 6.07) is 8.37. The first-order chi connectivity index (χ1) is 13.3. The molecule has 0 spiro atoms. The van der Waals surface area contributed by atoms with Crippen LogP contribution >= 0.6 is 0 Å². The van der Waals surface area contributed by atoms with E-state index >= 15 is 0 Å². The predicted octanol–water partition coefficient (Wildman–Crippen LogP) is 3.74. The summed E-state index contributed by atoms with van der Waals surface area (Å²) in [5.74, 6) is 1.25. The fourth-order valence-electron chi connectivity index (χ4n) is 3.80. The number of hydrogen-bond acceptors (Lipinski definition) is 4. The molecular formula is C23H38N2O3. The van der Waals surface area contributed by atoms with Crippen LogP contribution < -0.4 is 10.1 Å². The van der Waals surface area contributed by atoms with Crippen LogP contribution in [0.15, 0.2) is 24.3 Å². The molecule has 1 aromatic rings. The largest absolute Gasteiger partial charge is 0.494 e. The fraction of sp³-hybridized carbons (Fsp3) is 0.696. The molecule has 1 aromatic carbocycles. The number of likely N-dealkylation sites (tertiary alicyclic amines) is 1. The number of ether oxygens (including phenoxy) is 1. The second-order valence-corrected chi connectivity index (χ2v) is 8.71. The fourth-order valence-corrected chi connectivity index (χ4v) is 3.80. The highest BCUT2D eigenvalue weighted by Crippen LogP contribution is 2.24. The van der Waals surface area contributed by atoms with Crippen LogP contribution in [-0.2, 0) is 11.3 Å². The van der Waals surface area contributed by atoms with Crippen molar-refractivity contribution in [3.8, 4) is 5.75 Å². The third-order valence-electron chi connectivity index (χ3n) is 5.44. The Labute approximate surface area is 170 Å². The van der Waals surface area contributed by atoms with Gasteiger partial charge in [-0.2, -0.15) is 0 Å². The first kappa shape index (κ1) is 22.7. The molecule has 0 aliphatic carbocycles. The molecule has 158 valence electrons. The monoisotopic (exact) mass is 390 g/mol. The summed E-state index contributed by atoms with van der Waals surface area (Å²) < 4.78 is 5.73. The van der Waals surface area contributed by atoms with Gasteiger partial charge in [-0.05, 0) is 79.0 Å². The number of piperidine rings is 1. The lowest BCUT2D eigenvalue weighted by Crippen LogP contribution is -2.43. The van der Waals surface area contributed by atoms with Crippen molar-refractivity contribution >= 4 is 5.91 Å². The van der Waals surface area contributed by atoms with Crippen LogP contribution in [0.3, 0.4) is 0 Å². The van der Waals surface area contributed by atoms with E-state index in [1.165, 1.54) is 5.56 Å². The lowest BCUT2D eigenvalue weighted by molar-refractivity contribution is -0.127. The molecule has 1 saturated heterocycles. The molecule has 1 fully saturated rings. The summed E-state index contributed by atoms with van der Waals surface area (Å²) in [4.78, 5) is 15.0. The number of para-hydroxylation sites is 1. The number of benzene rings is 1. The Morgan fingerprint density at radius 2 is 2.00 bits per heavy atom. The van der Waals surface area contributed by atoms with Gasteiger partial charge in [0.05, 0.1) is 12.2 Å². The van der Waals surface area contributed by atoms with Crippen LogP contribution in [-0.4, -0.2) is 47.3 Å². The van der Waals surface area contributed by atoms with Crippen molar-refractivity contribution in [2.75, 3.05) is 19.7 Å². The van der Waals surface area contributed by atoms with Crippen molar-refractivity contribution in [1.29, 1.82) is 0 Å². The number of carbonyl (C=O) groups is 1. The highest BCUT2D eigenvalue weighted by Gasteiger charge is 2.26. The Balaban J connectivity index is 1.73. The summed E-state index contributed by atoms with van der Waals surface area (Å²) in [6.45, 7) is 11.1. The van der Waals surface area contributed by atoms with Gasteiger partial charge in [-0.25, -0.2) is 0 Å². The number of nitrogens with zero attached hydrogens (tertiary/aromatic N) is 1. The number of nitrogens with one attached hydrogen (secondary N) is 1. The molecule has 1 unspecified atom stereocenters. The number of carbonyl (C=O) groups excluding carboxylic acids is 1. The van der Waals surface area contributed by atoms with Gasteiger partial charge in [0.1, 0.15) is 5.75 Å². The molecule has 0 saturated carbocycles. The summed E-state index contributed by atoms with van der Waals surface area (Å²) in [5.41, 5.74) is 0.588. The van der Waals surface area contributed by atoms with E-state index in [4.69, 9.17) is 4.74 Å². The number of hydrogen-bond donors (Lipinski definition) is 2. The SMILES string of the molecule is CCOc1ccccc1CN1CCC(C(=O)NC(C)CCCC(C)(C)O)CC1. The Hall–Kier alpha value is -1.59. The van der Waals surface area contributed by atoms with Gasteiger partial charge in [-0.3, -0.25) is 9.69 Å². The van der Waals surface area contributed by atoms with Crippen molar-refractivity contribution in [3.63, 3.8) is 0 Å². The van der Waals surface area contributed by atoms with Gasteiger partial charge >= 0.3 is 0 Å². The van der Waals surface area contributed by atoms with E-state index < -0.39 is 5.60 Å². The zero-order valence-electron chi connectivity index (χ0n) is 18.0. The molecular weight excluding hydrogens is 352 g/mol. The Bertz CT molecular complexity index is 604. The highest BCUT2D eigenvalue weighted by molar-refractivity contribution is 5.79. The minimum absolute atomic E-state index is 0.107. The van der Waals surface area contributed by atoms with E-state index in [0.717, 1.165) is 57.5 Å². The average Bonchev–Trinajstić information content (AvgIpc) is 2.63. The quantitative estimate of drug-likeness (QED) is 0.639. The highest BCUT2D eigenvalue weighted by atomic mass is 16.5. The minimum Gasteiger partial charge on any atom is -0.494 e. The Morgan fingerprint density at radius 3 is 2.64 bits per heavy atom. The zero-order valence-corrected chi connectivity index (χ0v) is 18.0. The zero-order chi connectivity index (χ0) is 20.6. The molecule has 1 aliphatic heterocycles. The molecule has 28 heavy (non-hydrogen) atoms. The minimum atomic E-state index is -0.628. The molecule has 1 amide bonds. The maximum Gasteiger partial charge on any atom is 0.223 e. The van der Waals surface area contributed by atoms with Crippen LogP contribution in [0.5, 0.6) is 5.75 Å². The maximum absolute atomic E-state index is 12.6. The topological polar surface area (TPSA) is 61.8 Å². The molecule has 0 radical (unpaired) electrons. The van der Waals surface area contributed by atoms with Crippen LogP contribution in [0.1, 0.15) is 65.4 Å². The van der Waals surface area contributed by atoms with Gasteiger partial charge in [0, 0.05) is 24.1 Å². The van der Waals surface area contributed by atoms with Crippen LogP contribution in [0, 0.1) is 5.92 Å². The molecule has 2 rings (SSSR count). The lowest BCUT2D eigenvalue weighted by atomic mass is 9.94. The molecule has 5 nitrogen and oxygen atoms in total. The third-order valence-corrected chi connectivity index (χ3v) is 5.44. The lowest BCUT2D eigenvalue weighted by Gasteiger charge is -2.32. The molecule has 2 N–H and O–H groups in total. The number of rotatable bonds is 10. The molecule has 1 atom stereocenters. The second kappa shape index (κ2) is 10.8. The van der Waals surface area contributed by atoms with Gasteiger partial charge < -0.3 is 15.2 Å². The Kier molecular flexibility index (Phi) is 8.77. The van der Waals surface area contributed by atoms with Crippen molar-refractivity contribution < 1.29 is 14.6 Å². The summed E-state index contributed by atoms with van der Waals surface area (Å²) >= 11 is 0. The van der Waals surface area contributed by atoms with Crippen molar-refractivity contribution in [3.05, 3.63) is 29.8 Å². The van der Waals surface area contributed by atoms with Crippen LogP contribution in [0.4, 0.5) is 0 Å². The third kappa shape index (κ3) is 7.80. The van der Waals surface area contributed by atoms with Crippen LogP contribution in [0.2, 0.25) is 0 Å². The molecule has 1 heterocycles. The average molecular weight is 391 g/mol. The summed E-state index contributed by atoms with van der Waals surface area (Å²) in [7, 11) is 0. The van der Waals surface area contributed by atoms with Gasteiger partial charge in [0.2, 0.25) is 5.91 Å². The predicted molar refractivity (Wildman–Crippen MR) is 113 cm³/mol. The van der Waals surface area contributed by atoms with E-state index in [0.29, 0.717) is 6.61 Å². The van der Waals surface area contributed by atoms with Gasteiger partial charge in [-0.15, -0.1) is 0 Å². The van der Waals surface area contributed by atoms with E-state index in [-0.39, 0.29) is 17.9 Å². The van der Waals surface area contributed by atoms with E-state index in [1.807, 2.05) is 32.9 Å². The standard InChI is InChI=1S/C23H38N2O3/c1-5-28-21-11-7-6-10-20(21)17-25-15-12-19(13-16-25)22(26)24-18(2)9-8-14-23(3,4)27/h6-7,10-11,18-19,27H,5,8-9,12-17H2,1-4H3,(H,24,26). The van der Waals surface area contributed by atoms with Crippen molar-refractivity contribution in [1.82, 2.24) is 10.2 Å². The smallest absolute Gasteiger partial charge is 0.223 e.